The Kier molecular flexibility index (Phi) is 2.93. The number of nitrogens with two attached hydrogens (primary N) is 1. The van der Waals surface area contributed by atoms with Crippen LogP contribution in [-0.2, 0) is 11.3 Å². The van der Waals surface area contributed by atoms with E-state index in [1.165, 1.54) is 0 Å². The predicted molar refractivity (Wildman–Crippen MR) is 52.3 cm³/mol. The lowest BCUT2D eigenvalue weighted by Crippen LogP contribution is -2.25. The lowest BCUT2D eigenvalue weighted by Gasteiger charge is -2.24. The van der Waals surface area contributed by atoms with E-state index in [0.29, 0.717) is 12.6 Å². The van der Waals surface area contributed by atoms with E-state index >= 15 is 0 Å². The van der Waals surface area contributed by atoms with Gasteiger partial charge in [-0.05, 0) is 0 Å². The summed E-state index contributed by atoms with van der Waals surface area (Å²) in [7, 11) is 1.71. The molecule has 0 aliphatic rings. The molecule has 0 amide bonds. The van der Waals surface area contributed by atoms with E-state index in [9.17, 15) is 0 Å². The van der Waals surface area contributed by atoms with Gasteiger partial charge in [0.1, 0.15) is 0 Å². The van der Waals surface area contributed by atoms with Crippen LogP contribution in [0.5, 0.6) is 0 Å². The fourth-order valence-corrected chi connectivity index (χ4v) is 1.37. The van der Waals surface area contributed by atoms with Crippen molar-refractivity contribution in [2.45, 2.75) is 20.4 Å². The zero-order valence-corrected chi connectivity index (χ0v) is 8.45. The van der Waals surface area contributed by atoms with Gasteiger partial charge in [0, 0.05) is 31.5 Å². The summed E-state index contributed by atoms with van der Waals surface area (Å²) in [5.74, 6) is 0.559. The Balaban J connectivity index is 2.63. The Morgan fingerprint density at radius 2 is 2.31 bits per heavy atom. The van der Waals surface area contributed by atoms with Gasteiger partial charge in [0.25, 0.3) is 0 Å². The average Bonchev–Trinajstić information content (AvgIpc) is 2.35. The zero-order chi connectivity index (χ0) is 9.90. The number of imidazole rings is 1. The van der Waals surface area contributed by atoms with E-state index in [4.69, 9.17) is 10.5 Å². The topological polar surface area (TPSA) is 53.1 Å². The number of anilines is 1. The molecule has 0 radical (unpaired) electrons. The van der Waals surface area contributed by atoms with Crippen LogP contribution in [0.3, 0.4) is 0 Å². The molecule has 2 N–H and O–H groups in total. The highest BCUT2D eigenvalue weighted by Crippen LogP contribution is 2.19. The summed E-state index contributed by atoms with van der Waals surface area (Å²) in [6, 6.07) is 0. The maximum atomic E-state index is 5.65. The molecule has 4 heteroatoms. The molecule has 1 aromatic heterocycles. The molecule has 0 atom stereocenters. The minimum atomic E-state index is 0.0869. The fraction of sp³-hybridized carbons (Fsp3) is 0.667. The second-order valence-corrected chi connectivity index (χ2v) is 4.01. The minimum Gasteiger partial charge on any atom is -0.384 e. The van der Waals surface area contributed by atoms with E-state index < -0.39 is 0 Å². The third-order valence-corrected chi connectivity index (χ3v) is 1.88. The third-order valence-electron chi connectivity index (χ3n) is 1.88. The van der Waals surface area contributed by atoms with E-state index in [1.54, 1.807) is 13.3 Å². The van der Waals surface area contributed by atoms with Crippen molar-refractivity contribution in [1.82, 2.24) is 9.55 Å². The van der Waals surface area contributed by atoms with Crippen molar-refractivity contribution in [2.75, 3.05) is 19.5 Å². The highest BCUT2D eigenvalue weighted by atomic mass is 16.5. The summed E-state index contributed by atoms with van der Waals surface area (Å²) in [5.41, 5.74) is 5.74. The van der Waals surface area contributed by atoms with Crippen LogP contribution in [0.1, 0.15) is 13.8 Å². The fourth-order valence-electron chi connectivity index (χ4n) is 1.37. The third kappa shape index (κ3) is 2.73. The maximum Gasteiger partial charge on any atom is 0.200 e. The molecule has 0 saturated carbocycles. The van der Waals surface area contributed by atoms with Gasteiger partial charge in [-0.25, -0.2) is 4.98 Å². The lowest BCUT2D eigenvalue weighted by atomic mass is 9.95. The van der Waals surface area contributed by atoms with Crippen molar-refractivity contribution < 1.29 is 4.74 Å². The van der Waals surface area contributed by atoms with Gasteiger partial charge < -0.3 is 15.0 Å². The number of hydrogen-bond acceptors (Lipinski definition) is 3. The molecule has 0 saturated heterocycles. The molecule has 1 rings (SSSR count). The van der Waals surface area contributed by atoms with Crippen LogP contribution >= 0.6 is 0 Å². The van der Waals surface area contributed by atoms with E-state index in [-0.39, 0.29) is 5.41 Å². The largest absolute Gasteiger partial charge is 0.384 e. The smallest absolute Gasteiger partial charge is 0.200 e. The number of rotatable bonds is 4. The van der Waals surface area contributed by atoms with Crippen molar-refractivity contribution >= 4 is 5.95 Å². The molecule has 0 aromatic carbocycles. The van der Waals surface area contributed by atoms with Crippen LogP contribution in [-0.4, -0.2) is 23.3 Å². The Labute approximate surface area is 78.7 Å². The summed E-state index contributed by atoms with van der Waals surface area (Å²) in [5, 5.41) is 0. The van der Waals surface area contributed by atoms with E-state index in [1.807, 2.05) is 10.8 Å². The van der Waals surface area contributed by atoms with Gasteiger partial charge in [-0.15, -0.1) is 0 Å². The molecule has 0 fully saturated rings. The Morgan fingerprint density at radius 3 is 2.77 bits per heavy atom. The molecule has 74 valence electrons. The van der Waals surface area contributed by atoms with Gasteiger partial charge in [-0.3, -0.25) is 0 Å². The SMILES string of the molecule is COCC(C)(C)Cn1ccnc1N. The molecular weight excluding hydrogens is 166 g/mol. The van der Waals surface area contributed by atoms with Crippen molar-refractivity contribution in [3.8, 4) is 0 Å². The standard InChI is InChI=1S/C9H17N3O/c1-9(2,7-13-3)6-12-5-4-11-8(12)10/h4-5H,6-7H2,1-3H3,(H2,10,11). The zero-order valence-electron chi connectivity index (χ0n) is 8.45. The first kappa shape index (κ1) is 10.1. The van der Waals surface area contributed by atoms with Gasteiger partial charge in [0.05, 0.1) is 6.61 Å². The predicted octanol–water partition coefficient (Wildman–Crippen LogP) is 1.14. The molecule has 13 heavy (non-hydrogen) atoms. The first-order chi connectivity index (χ1) is 6.05. The maximum absolute atomic E-state index is 5.65. The normalized spacial score (nSPS) is 11.9. The Morgan fingerprint density at radius 1 is 1.62 bits per heavy atom. The lowest BCUT2D eigenvalue weighted by molar-refractivity contribution is 0.0923. The number of nitrogen functional groups attached to an aromatic ring is 1. The van der Waals surface area contributed by atoms with E-state index in [2.05, 4.69) is 18.8 Å². The average molecular weight is 183 g/mol. The van der Waals surface area contributed by atoms with Gasteiger partial charge in [0.15, 0.2) is 5.95 Å². The Bertz CT molecular complexity index is 268. The van der Waals surface area contributed by atoms with Crippen LogP contribution in [0.15, 0.2) is 12.4 Å². The van der Waals surface area contributed by atoms with Gasteiger partial charge >= 0.3 is 0 Å². The van der Waals surface area contributed by atoms with Gasteiger partial charge in [-0.2, -0.15) is 0 Å². The second kappa shape index (κ2) is 3.79. The first-order valence-corrected chi connectivity index (χ1v) is 4.31. The molecule has 0 aliphatic heterocycles. The van der Waals surface area contributed by atoms with Crippen molar-refractivity contribution in [3.63, 3.8) is 0 Å². The summed E-state index contributed by atoms with van der Waals surface area (Å²) < 4.78 is 7.05. The van der Waals surface area contributed by atoms with Crippen LogP contribution in [0.25, 0.3) is 0 Å². The summed E-state index contributed by atoms with van der Waals surface area (Å²) >= 11 is 0. The van der Waals surface area contributed by atoms with Crippen LogP contribution in [0.4, 0.5) is 5.95 Å². The van der Waals surface area contributed by atoms with Crippen molar-refractivity contribution in [3.05, 3.63) is 12.4 Å². The monoisotopic (exact) mass is 183 g/mol. The van der Waals surface area contributed by atoms with Crippen molar-refractivity contribution in [1.29, 1.82) is 0 Å². The first-order valence-electron chi connectivity index (χ1n) is 4.31. The number of ether oxygens (including phenoxy) is 1. The summed E-state index contributed by atoms with van der Waals surface area (Å²) in [6.07, 6.45) is 3.59. The number of nitrogens with zero attached hydrogens (tertiary/aromatic N) is 2. The second-order valence-electron chi connectivity index (χ2n) is 4.01. The highest BCUT2D eigenvalue weighted by Gasteiger charge is 2.18. The minimum absolute atomic E-state index is 0.0869. The molecule has 1 heterocycles. The number of hydrogen-bond donors (Lipinski definition) is 1. The Hall–Kier alpha value is -1.03. The molecule has 4 nitrogen and oxygen atoms in total. The molecule has 0 spiro atoms. The molecule has 0 aliphatic carbocycles. The van der Waals surface area contributed by atoms with Crippen LogP contribution < -0.4 is 5.73 Å². The van der Waals surface area contributed by atoms with Gasteiger partial charge in [0.2, 0.25) is 0 Å². The number of aromatic nitrogens is 2. The summed E-state index contributed by atoms with van der Waals surface area (Å²) in [6.45, 7) is 5.81. The highest BCUT2D eigenvalue weighted by molar-refractivity contribution is 5.16. The quantitative estimate of drug-likeness (QED) is 0.761. The molecule has 0 bridgehead atoms. The molecule has 0 unspecified atom stereocenters. The van der Waals surface area contributed by atoms with Crippen LogP contribution in [0, 0.1) is 5.41 Å². The summed E-state index contributed by atoms with van der Waals surface area (Å²) in [4.78, 5) is 3.96. The molecular formula is C9H17N3O. The van der Waals surface area contributed by atoms with E-state index in [0.717, 1.165) is 6.54 Å². The number of methoxy groups -OCH3 is 1. The molecule has 1 aromatic rings. The van der Waals surface area contributed by atoms with Crippen LogP contribution in [0.2, 0.25) is 0 Å². The van der Waals surface area contributed by atoms with Gasteiger partial charge in [-0.1, -0.05) is 13.8 Å². The van der Waals surface area contributed by atoms with Crippen molar-refractivity contribution in [2.24, 2.45) is 5.41 Å².